The second-order valence-corrected chi connectivity index (χ2v) is 5.01. The fourth-order valence-corrected chi connectivity index (χ4v) is 2.46. The molecule has 0 amide bonds. The van der Waals surface area contributed by atoms with Crippen molar-refractivity contribution in [1.82, 2.24) is 10.3 Å². The maximum atomic E-state index is 6.19. The monoisotopic (exact) mass is 314 g/mol. The molecule has 4 N–H and O–H groups in total. The SMILES string of the molecule is NC1=C(N)N(Cc2ccco2)c2nonc2N1Cc1ccco1. The Kier molecular flexibility index (Phi) is 2.97. The molecule has 0 aromatic carbocycles. The van der Waals surface area contributed by atoms with Crippen molar-refractivity contribution in [1.29, 1.82) is 0 Å². The van der Waals surface area contributed by atoms with Crippen LogP contribution in [0.4, 0.5) is 11.6 Å². The summed E-state index contributed by atoms with van der Waals surface area (Å²) < 4.78 is 15.6. The van der Waals surface area contributed by atoms with Gasteiger partial charge in [-0.15, -0.1) is 0 Å². The summed E-state index contributed by atoms with van der Waals surface area (Å²) in [6.45, 7) is 0.741. The highest BCUT2D eigenvalue weighted by atomic mass is 16.6. The Bertz CT molecular complexity index is 754. The molecule has 0 atom stereocenters. The van der Waals surface area contributed by atoms with E-state index in [9.17, 15) is 0 Å². The van der Waals surface area contributed by atoms with Gasteiger partial charge < -0.3 is 20.3 Å². The summed E-state index contributed by atoms with van der Waals surface area (Å²) in [5.41, 5.74) is 12.4. The number of fused-ring (bicyclic) bond motifs is 1. The molecule has 4 rings (SSSR count). The summed E-state index contributed by atoms with van der Waals surface area (Å²) in [6, 6.07) is 7.28. The smallest absolute Gasteiger partial charge is 0.224 e. The highest BCUT2D eigenvalue weighted by Gasteiger charge is 2.34. The van der Waals surface area contributed by atoms with Gasteiger partial charge in [-0.3, -0.25) is 9.80 Å². The first kappa shape index (κ1) is 13.3. The number of hydrogen-bond acceptors (Lipinski definition) is 9. The summed E-state index contributed by atoms with van der Waals surface area (Å²) in [7, 11) is 0. The molecule has 3 aromatic rings. The molecule has 4 heterocycles. The van der Waals surface area contributed by atoms with Crippen LogP contribution in [-0.2, 0) is 13.1 Å². The van der Waals surface area contributed by atoms with Crippen molar-refractivity contribution in [2.24, 2.45) is 11.5 Å². The van der Waals surface area contributed by atoms with Gasteiger partial charge in [-0.1, -0.05) is 0 Å². The Balaban J connectivity index is 1.71. The number of nitrogens with two attached hydrogens (primary N) is 2. The molecular weight excluding hydrogens is 300 g/mol. The van der Waals surface area contributed by atoms with Crippen LogP contribution < -0.4 is 21.3 Å². The Morgan fingerprint density at radius 1 is 0.826 bits per heavy atom. The normalized spacial score (nSPS) is 14.4. The molecule has 9 heteroatoms. The summed E-state index contributed by atoms with van der Waals surface area (Å²) in [6.07, 6.45) is 3.18. The zero-order valence-electron chi connectivity index (χ0n) is 12.0. The van der Waals surface area contributed by atoms with Crippen LogP contribution >= 0.6 is 0 Å². The third-order valence-corrected chi connectivity index (χ3v) is 3.60. The minimum atomic E-state index is 0.344. The van der Waals surface area contributed by atoms with E-state index in [2.05, 4.69) is 10.3 Å². The van der Waals surface area contributed by atoms with Gasteiger partial charge in [0.05, 0.1) is 25.6 Å². The van der Waals surface area contributed by atoms with E-state index >= 15 is 0 Å². The third-order valence-electron chi connectivity index (χ3n) is 3.60. The first-order valence-corrected chi connectivity index (χ1v) is 6.91. The molecule has 0 bridgehead atoms. The Hall–Kier alpha value is -3.36. The van der Waals surface area contributed by atoms with Crippen LogP contribution in [0.2, 0.25) is 0 Å². The molecule has 0 radical (unpaired) electrons. The van der Waals surface area contributed by atoms with E-state index in [4.69, 9.17) is 24.9 Å². The molecule has 0 spiro atoms. The van der Waals surface area contributed by atoms with Crippen molar-refractivity contribution in [3.63, 3.8) is 0 Å². The van der Waals surface area contributed by atoms with Crippen molar-refractivity contribution >= 4 is 11.6 Å². The lowest BCUT2D eigenvalue weighted by Gasteiger charge is -2.33. The summed E-state index contributed by atoms with van der Waals surface area (Å²) >= 11 is 0. The van der Waals surface area contributed by atoms with Crippen LogP contribution in [-0.4, -0.2) is 10.3 Å². The molecule has 0 saturated carbocycles. The molecule has 0 saturated heterocycles. The van der Waals surface area contributed by atoms with Gasteiger partial charge in [-0.25, -0.2) is 4.63 Å². The van der Waals surface area contributed by atoms with Crippen LogP contribution in [0.3, 0.4) is 0 Å². The summed E-state index contributed by atoms with van der Waals surface area (Å²) in [5.74, 6) is 3.06. The van der Waals surface area contributed by atoms with Gasteiger partial charge in [0.2, 0.25) is 11.6 Å². The van der Waals surface area contributed by atoms with Gasteiger partial charge in [-0.05, 0) is 34.6 Å². The zero-order chi connectivity index (χ0) is 15.8. The van der Waals surface area contributed by atoms with Crippen molar-refractivity contribution in [2.75, 3.05) is 9.80 Å². The van der Waals surface area contributed by atoms with E-state index in [-0.39, 0.29) is 0 Å². The molecule has 118 valence electrons. The fraction of sp³-hybridized carbons (Fsp3) is 0.143. The average molecular weight is 314 g/mol. The highest BCUT2D eigenvalue weighted by molar-refractivity contribution is 5.70. The van der Waals surface area contributed by atoms with Gasteiger partial charge in [0.1, 0.15) is 23.2 Å². The second kappa shape index (κ2) is 5.13. The lowest BCUT2D eigenvalue weighted by Crippen LogP contribution is -2.42. The molecule has 0 unspecified atom stereocenters. The van der Waals surface area contributed by atoms with E-state index in [1.54, 1.807) is 34.5 Å². The highest BCUT2D eigenvalue weighted by Crippen LogP contribution is 2.35. The van der Waals surface area contributed by atoms with E-state index in [1.807, 2.05) is 12.1 Å². The number of nitrogens with zero attached hydrogens (tertiary/aromatic N) is 4. The predicted molar refractivity (Wildman–Crippen MR) is 79.5 cm³/mol. The Morgan fingerprint density at radius 2 is 1.30 bits per heavy atom. The van der Waals surface area contributed by atoms with Crippen LogP contribution in [0.5, 0.6) is 0 Å². The summed E-state index contributed by atoms with van der Waals surface area (Å²) in [5, 5.41) is 7.88. The molecule has 1 aliphatic rings. The number of anilines is 2. The predicted octanol–water partition coefficient (Wildman–Crippen LogP) is 1.33. The van der Waals surface area contributed by atoms with Gasteiger partial charge in [-0.2, -0.15) is 0 Å². The standard InChI is InChI=1S/C14H14N6O3/c15-11-12(16)20(8-10-4-2-6-22-10)14-13(17-23-18-14)19(11)7-9-3-1-5-21-9/h1-6H,7-8,15-16H2. The van der Waals surface area contributed by atoms with Crippen molar-refractivity contribution in [2.45, 2.75) is 13.1 Å². The van der Waals surface area contributed by atoms with Gasteiger partial charge >= 0.3 is 0 Å². The fourth-order valence-electron chi connectivity index (χ4n) is 2.46. The van der Waals surface area contributed by atoms with Gasteiger partial charge in [0.15, 0.2) is 0 Å². The maximum absolute atomic E-state index is 6.19. The quantitative estimate of drug-likeness (QED) is 0.733. The largest absolute Gasteiger partial charge is 0.467 e. The maximum Gasteiger partial charge on any atom is 0.224 e. The average Bonchev–Trinajstić information content (AvgIpc) is 3.30. The lowest BCUT2D eigenvalue weighted by atomic mass is 10.3. The molecule has 0 fully saturated rings. The minimum Gasteiger partial charge on any atom is -0.467 e. The molecule has 0 aliphatic carbocycles. The number of aromatic nitrogens is 2. The summed E-state index contributed by atoms with van der Waals surface area (Å²) in [4.78, 5) is 3.39. The van der Waals surface area contributed by atoms with E-state index in [0.717, 1.165) is 0 Å². The molecule has 1 aliphatic heterocycles. The van der Waals surface area contributed by atoms with Crippen LogP contribution in [0.1, 0.15) is 11.5 Å². The molecule has 23 heavy (non-hydrogen) atoms. The molecule has 9 nitrogen and oxygen atoms in total. The third kappa shape index (κ3) is 2.18. The molecular formula is C14H14N6O3. The number of rotatable bonds is 4. The second-order valence-electron chi connectivity index (χ2n) is 5.01. The van der Waals surface area contributed by atoms with E-state index in [1.165, 1.54) is 0 Å². The van der Waals surface area contributed by atoms with Crippen LogP contribution in [0.15, 0.2) is 61.9 Å². The number of hydrogen-bond donors (Lipinski definition) is 2. The topological polar surface area (TPSA) is 124 Å². The Labute approximate surface area is 130 Å². The Morgan fingerprint density at radius 3 is 1.70 bits per heavy atom. The zero-order valence-corrected chi connectivity index (χ0v) is 12.0. The van der Waals surface area contributed by atoms with Crippen LogP contribution in [0, 0.1) is 0 Å². The van der Waals surface area contributed by atoms with Crippen molar-refractivity contribution < 1.29 is 13.5 Å². The molecule has 3 aromatic heterocycles. The van der Waals surface area contributed by atoms with Crippen LogP contribution in [0.25, 0.3) is 0 Å². The van der Waals surface area contributed by atoms with Crippen molar-refractivity contribution in [3.05, 3.63) is 60.0 Å². The van der Waals surface area contributed by atoms with Gasteiger partial charge in [0.25, 0.3) is 0 Å². The van der Waals surface area contributed by atoms with Gasteiger partial charge in [0, 0.05) is 0 Å². The lowest BCUT2D eigenvalue weighted by molar-refractivity contribution is 0.308. The first-order chi connectivity index (χ1) is 11.2. The number of furan rings is 2. The van der Waals surface area contributed by atoms with Crippen molar-refractivity contribution in [3.8, 4) is 0 Å². The first-order valence-electron chi connectivity index (χ1n) is 6.91. The minimum absolute atomic E-state index is 0.344. The van der Waals surface area contributed by atoms with E-state index < -0.39 is 0 Å². The van der Waals surface area contributed by atoms with E-state index in [0.29, 0.717) is 47.9 Å².